The maximum Gasteiger partial charge on any atom is 0.416 e. The Kier molecular flexibility index (Phi) is 5.39. The molecular weight excluding hydrogens is 437 g/mol. The molecule has 5 nitrogen and oxygen atoms in total. The minimum atomic E-state index is -4.54. The molecule has 2 aromatic rings. The number of sulfone groups is 1. The number of hydrogen-bond donors (Lipinski definition) is 0. The fourth-order valence-corrected chi connectivity index (χ4v) is 7.55. The van der Waals surface area contributed by atoms with Crippen LogP contribution in [-0.4, -0.2) is 42.3 Å². The van der Waals surface area contributed by atoms with Crippen LogP contribution in [0, 0.1) is 0 Å². The topological polar surface area (TPSA) is 66.8 Å². The van der Waals surface area contributed by atoms with Crippen LogP contribution in [0.4, 0.5) is 18.9 Å². The van der Waals surface area contributed by atoms with Crippen LogP contribution in [0.3, 0.4) is 0 Å². The minimum absolute atomic E-state index is 0.0506. The summed E-state index contributed by atoms with van der Waals surface area (Å²) in [6.07, 6.45) is -4.49. The van der Waals surface area contributed by atoms with Gasteiger partial charge < -0.3 is 4.90 Å². The molecule has 0 aromatic heterocycles. The molecule has 0 N–H and O–H groups in total. The van der Waals surface area contributed by atoms with E-state index in [-0.39, 0.29) is 34.0 Å². The van der Waals surface area contributed by atoms with Crippen molar-refractivity contribution in [2.45, 2.75) is 23.9 Å². The standard InChI is InChI=1S/C20H17F3N2O3S2/c21-20(22,23)14-7-4-8-15(10-14)25-16-11-30(27,28)12-17(16)29-19(25)24-18(26)9-13-5-2-1-3-6-13/h1-8,10,16-17H,9,11-12H2/t16-,17+/m1/s1. The number of thioether (sulfide) groups is 1. The van der Waals surface area contributed by atoms with Crippen molar-refractivity contribution in [3.63, 3.8) is 0 Å². The van der Waals surface area contributed by atoms with Crippen LogP contribution in [0.15, 0.2) is 59.6 Å². The number of amidine groups is 1. The third-order valence-electron chi connectivity index (χ3n) is 4.94. The molecule has 0 bridgehead atoms. The number of alkyl halides is 3. The Morgan fingerprint density at radius 2 is 1.83 bits per heavy atom. The monoisotopic (exact) mass is 454 g/mol. The third-order valence-corrected chi connectivity index (χ3v) is 8.15. The van der Waals surface area contributed by atoms with Crippen LogP contribution in [0.5, 0.6) is 0 Å². The quantitative estimate of drug-likeness (QED) is 0.710. The van der Waals surface area contributed by atoms with Gasteiger partial charge in [-0.25, -0.2) is 8.42 Å². The molecule has 2 atom stereocenters. The Morgan fingerprint density at radius 1 is 1.10 bits per heavy atom. The zero-order valence-corrected chi connectivity index (χ0v) is 17.2. The van der Waals surface area contributed by atoms with Gasteiger partial charge in [-0.05, 0) is 23.8 Å². The molecule has 0 saturated carbocycles. The lowest BCUT2D eigenvalue weighted by Crippen LogP contribution is -2.38. The number of carbonyl (C=O) groups excluding carboxylic acids is 1. The highest BCUT2D eigenvalue weighted by Crippen LogP contribution is 2.42. The van der Waals surface area contributed by atoms with E-state index in [4.69, 9.17) is 0 Å². The number of hydrogen-bond acceptors (Lipinski definition) is 4. The normalized spacial score (nSPS) is 24.2. The molecule has 0 spiro atoms. The van der Waals surface area contributed by atoms with E-state index in [1.807, 2.05) is 6.07 Å². The van der Waals surface area contributed by atoms with Crippen molar-refractivity contribution in [1.29, 1.82) is 0 Å². The first kappa shape index (κ1) is 20.9. The Morgan fingerprint density at radius 3 is 2.53 bits per heavy atom. The molecule has 4 rings (SSSR count). The number of rotatable bonds is 3. The van der Waals surface area contributed by atoms with Gasteiger partial charge in [0.2, 0.25) is 0 Å². The molecule has 0 aliphatic carbocycles. The van der Waals surface area contributed by atoms with Crippen LogP contribution in [-0.2, 0) is 27.2 Å². The molecule has 2 saturated heterocycles. The smallest absolute Gasteiger partial charge is 0.316 e. The maximum absolute atomic E-state index is 13.2. The maximum atomic E-state index is 13.2. The molecule has 2 heterocycles. The van der Waals surface area contributed by atoms with E-state index in [1.165, 1.54) is 17.0 Å². The van der Waals surface area contributed by atoms with Crippen molar-refractivity contribution < 1.29 is 26.4 Å². The summed E-state index contributed by atoms with van der Waals surface area (Å²) in [7, 11) is -3.31. The third kappa shape index (κ3) is 4.39. The lowest BCUT2D eigenvalue weighted by atomic mass is 10.1. The molecule has 0 radical (unpaired) electrons. The van der Waals surface area contributed by atoms with Crippen molar-refractivity contribution in [3.8, 4) is 0 Å². The summed E-state index contributed by atoms with van der Waals surface area (Å²) in [6.45, 7) is 0. The van der Waals surface area contributed by atoms with Gasteiger partial charge in [0, 0.05) is 10.9 Å². The molecule has 158 valence electrons. The highest BCUT2D eigenvalue weighted by atomic mass is 32.2. The fraction of sp³-hybridized carbons (Fsp3) is 0.300. The summed E-state index contributed by atoms with van der Waals surface area (Å²) in [5.41, 5.74) is 0.0979. The largest absolute Gasteiger partial charge is 0.416 e. The highest BCUT2D eigenvalue weighted by molar-refractivity contribution is 8.16. The Hall–Kier alpha value is -2.33. The van der Waals surface area contributed by atoms with Crippen LogP contribution in [0.2, 0.25) is 0 Å². The zero-order chi connectivity index (χ0) is 21.5. The number of fused-ring (bicyclic) bond motifs is 1. The summed E-state index contributed by atoms with van der Waals surface area (Å²) >= 11 is 1.13. The number of nitrogens with zero attached hydrogens (tertiary/aromatic N) is 2. The first-order chi connectivity index (χ1) is 14.1. The van der Waals surface area contributed by atoms with Gasteiger partial charge >= 0.3 is 6.18 Å². The van der Waals surface area contributed by atoms with E-state index < -0.39 is 33.5 Å². The van der Waals surface area contributed by atoms with Crippen molar-refractivity contribution in [1.82, 2.24) is 0 Å². The predicted molar refractivity (Wildman–Crippen MR) is 110 cm³/mol. The van der Waals surface area contributed by atoms with E-state index in [2.05, 4.69) is 4.99 Å². The number of anilines is 1. The lowest BCUT2D eigenvalue weighted by Gasteiger charge is -2.25. The van der Waals surface area contributed by atoms with Crippen molar-refractivity contribution >= 4 is 38.4 Å². The number of halogens is 3. The number of carbonyl (C=O) groups is 1. The van der Waals surface area contributed by atoms with E-state index in [1.54, 1.807) is 24.3 Å². The minimum Gasteiger partial charge on any atom is -0.316 e. The second kappa shape index (κ2) is 7.73. The summed E-state index contributed by atoms with van der Waals surface area (Å²) in [5, 5.41) is -0.145. The summed E-state index contributed by atoms with van der Waals surface area (Å²) < 4.78 is 63.8. The van der Waals surface area contributed by atoms with E-state index in [0.717, 1.165) is 29.5 Å². The van der Waals surface area contributed by atoms with Gasteiger partial charge in [0.25, 0.3) is 5.91 Å². The van der Waals surface area contributed by atoms with Gasteiger partial charge in [-0.15, -0.1) is 0 Å². The highest BCUT2D eigenvalue weighted by Gasteiger charge is 2.49. The Bertz CT molecular complexity index is 1100. The summed E-state index contributed by atoms with van der Waals surface area (Å²) in [4.78, 5) is 18.1. The Balaban J connectivity index is 1.69. The van der Waals surface area contributed by atoms with Crippen molar-refractivity contribution in [2.24, 2.45) is 4.99 Å². The average molecular weight is 454 g/mol. The van der Waals surface area contributed by atoms with Crippen LogP contribution >= 0.6 is 11.8 Å². The van der Waals surface area contributed by atoms with Gasteiger partial charge in [0.05, 0.1) is 29.5 Å². The molecule has 2 aromatic carbocycles. The second-order valence-corrected chi connectivity index (χ2v) is 10.5. The van der Waals surface area contributed by atoms with E-state index in [0.29, 0.717) is 0 Å². The molecule has 30 heavy (non-hydrogen) atoms. The van der Waals surface area contributed by atoms with Gasteiger partial charge in [-0.3, -0.25) is 4.79 Å². The fourth-order valence-electron chi connectivity index (χ4n) is 3.62. The first-order valence-electron chi connectivity index (χ1n) is 9.11. The number of amides is 1. The van der Waals surface area contributed by atoms with Gasteiger partial charge in [-0.2, -0.15) is 18.2 Å². The van der Waals surface area contributed by atoms with Crippen molar-refractivity contribution in [2.75, 3.05) is 16.4 Å². The second-order valence-electron chi connectivity index (χ2n) is 7.17. The summed E-state index contributed by atoms with van der Waals surface area (Å²) in [6, 6.07) is 13.1. The predicted octanol–water partition coefficient (Wildman–Crippen LogP) is 3.55. The molecule has 2 aliphatic heterocycles. The van der Waals surface area contributed by atoms with E-state index in [9.17, 15) is 26.4 Å². The van der Waals surface area contributed by atoms with Gasteiger partial charge in [-0.1, -0.05) is 48.2 Å². The SMILES string of the molecule is O=C(Cc1ccccc1)N=C1S[C@H]2CS(=O)(=O)C[C@H]2N1c1cccc(C(F)(F)F)c1. The zero-order valence-electron chi connectivity index (χ0n) is 15.5. The molecule has 1 amide bonds. The van der Waals surface area contributed by atoms with Crippen LogP contribution in [0.1, 0.15) is 11.1 Å². The summed E-state index contributed by atoms with van der Waals surface area (Å²) in [5.74, 6) is -0.722. The Labute approximate surface area is 175 Å². The van der Waals surface area contributed by atoms with Crippen LogP contribution in [0.25, 0.3) is 0 Å². The molecular formula is C20H17F3N2O3S2. The molecule has 0 unspecified atom stereocenters. The average Bonchev–Trinajstić information content (AvgIpc) is 3.12. The number of aliphatic imine (C=N–C) groups is 1. The van der Waals surface area contributed by atoms with Crippen LogP contribution < -0.4 is 4.90 Å². The lowest BCUT2D eigenvalue weighted by molar-refractivity contribution is -0.137. The number of benzene rings is 2. The molecule has 2 aliphatic rings. The molecule has 2 fully saturated rings. The van der Waals surface area contributed by atoms with Gasteiger partial charge in [0.15, 0.2) is 15.0 Å². The van der Waals surface area contributed by atoms with Gasteiger partial charge in [0.1, 0.15) is 0 Å². The first-order valence-corrected chi connectivity index (χ1v) is 11.8. The molecule has 10 heteroatoms. The van der Waals surface area contributed by atoms with Crippen molar-refractivity contribution in [3.05, 3.63) is 65.7 Å². The van der Waals surface area contributed by atoms with E-state index >= 15 is 0 Å².